The van der Waals surface area contributed by atoms with Gasteiger partial charge in [-0.25, -0.2) is 4.98 Å². The van der Waals surface area contributed by atoms with Crippen molar-refractivity contribution in [1.29, 1.82) is 0 Å². The number of fused-ring (bicyclic) bond motifs is 1. The summed E-state index contributed by atoms with van der Waals surface area (Å²) >= 11 is 0. The molecule has 1 unspecified atom stereocenters. The van der Waals surface area contributed by atoms with E-state index in [0.717, 1.165) is 24.1 Å². The second kappa shape index (κ2) is 6.71. The maximum absolute atomic E-state index is 12.6. The van der Waals surface area contributed by atoms with Crippen LogP contribution in [-0.4, -0.2) is 20.4 Å². The van der Waals surface area contributed by atoms with E-state index in [1.807, 2.05) is 25.1 Å². The number of hydrogen-bond donors (Lipinski definition) is 1. The number of aromatic nitrogens is 3. The molecule has 1 N–H and O–H groups in total. The lowest BCUT2D eigenvalue weighted by atomic mass is 10.1. The van der Waals surface area contributed by atoms with Gasteiger partial charge in [-0.05, 0) is 55.5 Å². The quantitative estimate of drug-likeness (QED) is 0.768. The molecule has 6 heteroatoms. The third-order valence-electron chi connectivity index (χ3n) is 4.71. The summed E-state index contributed by atoms with van der Waals surface area (Å²) in [6, 6.07) is 11.0. The largest absolute Gasteiger partial charge is 0.346 e. The number of para-hydroxylation sites is 1. The van der Waals surface area contributed by atoms with Crippen molar-refractivity contribution in [2.24, 2.45) is 5.92 Å². The first kappa shape index (κ1) is 16.4. The Morgan fingerprint density at radius 3 is 2.85 bits per heavy atom. The Bertz CT molecular complexity index is 1020. The van der Waals surface area contributed by atoms with Gasteiger partial charge in [0.05, 0.1) is 29.0 Å². The number of amides is 1. The van der Waals surface area contributed by atoms with E-state index >= 15 is 0 Å². The first-order valence-corrected chi connectivity index (χ1v) is 8.78. The van der Waals surface area contributed by atoms with E-state index in [9.17, 15) is 9.59 Å². The Hall–Kier alpha value is -3.02. The number of nitrogens with zero attached hydrogens (tertiary/aromatic N) is 3. The molecule has 1 atom stereocenters. The molecule has 3 aromatic rings. The van der Waals surface area contributed by atoms with Gasteiger partial charge in [0.1, 0.15) is 6.54 Å². The van der Waals surface area contributed by atoms with Crippen molar-refractivity contribution >= 4 is 16.8 Å². The fourth-order valence-corrected chi connectivity index (χ4v) is 3.19. The molecule has 1 aliphatic carbocycles. The predicted octanol–water partition coefficient (Wildman–Crippen LogP) is 2.37. The van der Waals surface area contributed by atoms with Crippen molar-refractivity contribution in [1.82, 2.24) is 19.9 Å². The van der Waals surface area contributed by atoms with Crippen molar-refractivity contribution < 1.29 is 4.79 Å². The molecule has 0 bridgehead atoms. The van der Waals surface area contributed by atoms with Crippen LogP contribution in [0.15, 0.2) is 53.7 Å². The summed E-state index contributed by atoms with van der Waals surface area (Å²) in [5, 5.41) is 3.57. The summed E-state index contributed by atoms with van der Waals surface area (Å²) < 4.78 is 1.35. The van der Waals surface area contributed by atoms with Crippen LogP contribution < -0.4 is 10.9 Å². The van der Waals surface area contributed by atoms with Crippen molar-refractivity contribution in [3.63, 3.8) is 0 Å². The van der Waals surface area contributed by atoms with Gasteiger partial charge in [0.15, 0.2) is 0 Å². The molecule has 0 aliphatic heterocycles. The van der Waals surface area contributed by atoms with Crippen LogP contribution in [0.5, 0.6) is 0 Å². The van der Waals surface area contributed by atoms with E-state index < -0.39 is 0 Å². The molecular weight excluding hydrogens is 328 g/mol. The second-order valence-corrected chi connectivity index (χ2v) is 6.84. The minimum Gasteiger partial charge on any atom is -0.346 e. The summed E-state index contributed by atoms with van der Waals surface area (Å²) in [6.07, 6.45) is 5.36. The first-order valence-electron chi connectivity index (χ1n) is 8.78. The van der Waals surface area contributed by atoms with E-state index in [2.05, 4.69) is 15.3 Å². The first-order chi connectivity index (χ1) is 12.6. The Morgan fingerprint density at radius 1 is 1.27 bits per heavy atom. The third-order valence-corrected chi connectivity index (χ3v) is 4.71. The van der Waals surface area contributed by atoms with Crippen LogP contribution in [0.3, 0.4) is 0 Å². The number of nitrogens with one attached hydrogen (secondary N) is 1. The van der Waals surface area contributed by atoms with Gasteiger partial charge in [-0.1, -0.05) is 12.1 Å². The standard InChI is InChI=1S/C20H20N4O2/c1-13-8-9-21-17(10-13)19(14-6-7-14)23-18(25)11-24-12-22-16-5-3-2-4-15(16)20(24)26/h2-5,8-10,12,14,19H,6-7,11H2,1H3,(H,23,25). The van der Waals surface area contributed by atoms with E-state index in [0.29, 0.717) is 16.8 Å². The monoisotopic (exact) mass is 348 g/mol. The fraction of sp³-hybridized carbons (Fsp3) is 0.300. The number of carbonyl (C=O) groups is 1. The molecule has 0 saturated heterocycles. The average molecular weight is 348 g/mol. The molecule has 4 rings (SSSR count). The van der Waals surface area contributed by atoms with Gasteiger partial charge >= 0.3 is 0 Å². The highest BCUT2D eigenvalue weighted by Crippen LogP contribution is 2.40. The minimum absolute atomic E-state index is 0.0499. The summed E-state index contributed by atoms with van der Waals surface area (Å²) in [6.45, 7) is 1.96. The van der Waals surface area contributed by atoms with E-state index in [4.69, 9.17) is 0 Å². The van der Waals surface area contributed by atoms with Gasteiger partial charge in [0.25, 0.3) is 5.56 Å². The Labute approximate surface area is 150 Å². The zero-order chi connectivity index (χ0) is 18.1. The van der Waals surface area contributed by atoms with Gasteiger partial charge in [0.2, 0.25) is 5.91 Å². The molecule has 2 aromatic heterocycles. The molecule has 6 nitrogen and oxygen atoms in total. The zero-order valence-corrected chi connectivity index (χ0v) is 14.6. The molecule has 2 heterocycles. The summed E-state index contributed by atoms with van der Waals surface area (Å²) in [7, 11) is 0. The van der Waals surface area contributed by atoms with Gasteiger partial charge in [-0.3, -0.25) is 19.1 Å². The molecule has 0 radical (unpaired) electrons. The molecule has 132 valence electrons. The van der Waals surface area contributed by atoms with Crippen molar-refractivity contribution in [3.05, 3.63) is 70.5 Å². The number of benzene rings is 1. The molecule has 1 saturated carbocycles. The maximum Gasteiger partial charge on any atom is 0.261 e. The lowest BCUT2D eigenvalue weighted by Gasteiger charge is -2.18. The summed E-state index contributed by atoms with van der Waals surface area (Å²) in [4.78, 5) is 33.8. The van der Waals surface area contributed by atoms with E-state index in [1.165, 1.54) is 10.9 Å². The number of pyridine rings is 1. The topological polar surface area (TPSA) is 76.9 Å². The highest BCUT2D eigenvalue weighted by atomic mass is 16.2. The number of aryl methyl sites for hydroxylation is 1. The Balaban J connectivity index is 1.54. The van der Waals surface area contributed by atoms with Crippen molar-refractivity contribution in [2.75, 3.05) is 0 Å². The summed E-state index contributed by atoms with van der Waals surface area (Å²) in [5.41, 5.74) is 2.42. The number of carbonyl (C=O) groups excluding carboxylic acids is 1. The smallest absolute Gasteiger partial charge is 0.261 e. The highest BCUT2D eigenvalue weighted by Gasteiger charge is 2.34. The lowest BCUT2D eigenvalue weighted by molar-refractivity contribution is -0.122. The third kappa shape index (κ3) is 3.35. The lowest BCUT2D eigenvalue weighted by Crippen LogP contribution is -2.36. The fourth-order valence-electron chi connectivity index (χ4n) is 3.19. The van der Waals surface area contributed by atoms with Crippen LogP contribution in [0.1, 0.15) is 30.1 Å². The molecule has 1 aliphatic rings. The number of hydrogen-bond acceptors (Lipinski definition) is 4. The van der Waals surface area contributed by atoms with Crippen LogP contribution in [-0.2, 0) is 11.3 Å². The molecule has 26 heavy (non-hydrogen) atoms. The van der Waals surface area contributed by atoms with Gasteiger partial charge < -0.3 is 5.32 Å². The van der Waals surface area contributed by atoms with Crippen LogP contribution >= 0.6 is 0 Å². The maximum atomic E-state index is 12.6. The highest BCUT2D eigenvalue weighted by molar-refractivity contribution is 5.79. The van der Waals surface area contributed by atoms with Crippen LogP contribution in [0.25, 0.3) is 10.9 Å². The molecule has 0 spiro atoms. The van der Waals surface area contributed by atoms with Gasteiger partial charge in [-0.2, -0.15) is 0 Å². The molecule has 1 fully saturated rings. The number of rotatable bonds is 5. The van der Waals surface area contributed by atoms with Crippen LogP contribution in [0.4, 0.5) is 0 Å². The summed E-state index contributed by atoms with van der Waals surface area (Å²) in [5.74, 6) is 0.212. The van der Waals surface area contributed by atoms with Crippen molar-refractivity contribution in [3.8, 4) is 0 Å². The average Bonchev–Trinajstić information content (AvgIpc) is 3.47. The molecule has 1 amide bonds. The zero-order valence-electron chi connectivity index (χ0n) is 14.6. The van der Waals surface area contributed by atoms with Gasteiger partial charge in [-0.15, -0.1) is 0 Å². The van der Waals surface area contributed by atoms with E-state index in [-0.39, 0.29) is 24.1 Å². The predicted molar refractivity (Wildman–Crippen MR) is 98.6 cm³/mol. The Kier molecular flexibility index (Phi) is 4.24. The Morgan fingerprint density at radius 2 is 2.08 bits per heavy atom. The SMILES string of the molecule is Cc1ccnc(C(NC(=O)Cn2cnc3ccccc3c2=O)C2CC2)c1. The van der Waals surface area contributed by atoms with Crippen LogP contribution in [0, 0.1) is 12.8 Å². The van der Waals surface area contributed by atoms with Gasteiger partial charge in [0, 0.05) is 6.20 Å². The second-order valence-electron chi connectivity index (χ2n) is 6.84. The van der Waals surface area contributed by atoms with E-state index in [1.54, 1.807) is 24.4 Å². The minimum atomic E-state index is -0.206. The van der Waals surface area contributed by atoms with Crippen molar-refractivity contribution in [2.45, 2.75) is 32.4 Å². The normalized spacial score (nSPS) is 15.0. The molecular formula is C20H20N4O2. The van der Waals surface area contributed by atoms with Crippen LogP contribution in [0.2, 0.25) is 0 Å². The molecule has 1 aromatic carbocycles.